The predicted octanol–water partition coefficient (Wildman–Crippen LogP) is 5.52. The molecular weight excluding hydrogens is 534 g/mol. The number of carbonyl (C=O) groups excluding carboxylic acids is 4. The summed E-state index contributed by atoms with van der Waals surface area (Å²) in [7, 11) is 0. The number of alkyl carbamates (subject to hydrolysis) is 1. The molecule has 42 heavy (non-hydrogen) atoms. The molecule has 2 unspecified atom stereocenters. The van der Waals surface area contributed by atoms with Crippen LogP contribution in [0.1, 0.15) is 111 Å². The summed E-state index contributed by atoms with van der Waals surface area (Å²) in [4.78, 5) is 54.4. The number of hydrogen-bond acceptors (Lipinski definition) is 6. The number of benzene rings is 1. The maximum atomic E-state index is 14.3. The lowest BCUT2D eigenvalue weighted by atomic mass is 9.95. The highest BCUT2D eigenvalue weighted by Crippen LogP contribution is 2.27. The fourth-order valence-electron chi connectivity index (χ4n) is 4.53. The lowest BCUT2D eigenvalue weighted by Crippen LogP contribution is -2.53. The van der Waals surface area contributed by atoms with Crippen LogP contribution in [0.5, 0.6) is 0 Å². The van der Waals surface area contributed by atoms with Crippen LogP contribution < -0.4 is 10.6 Å². The molecule has 1 aromatic rings. The molecule has 0 aliphatic heterocycles. The maximum absolute atomic E-state index is 14.3. The third kappa shape index (κ3) is 13.4. The summed E-state index contributed by atoms with van der Waals surface area (Å²) in [5.74, 6) is 1.40. The van der Waals surface area contributed by atoms with Crippen LogP contribution in [-0.4, -0.2) is 60.1 Å². The van der Waals surface area contributed by atoms with Gasteiger partial charge in [0.2, 0.25) is 11.8 Å². The number of rotatable bonds is 17. The quantitative estimate of drug-likeness (QED) is 0.141. The van der Waals surface area contributed by atoms with Gasteiger partial charge in [-0.1, -0.05) is 70.6 Å². The van der Waals surface area contributed by atoms with Crippen molar-refractivity contribution in [2.45, 2.75) is 111 Å². The maximum Gasteiger partial charge on any atom is 0.408 e. The first-order valence-corrected chi connectivity index (χ1v) is 15.1. The fourth-order valence-corrected chi connectivity index (χ4v) is 4.53. The molecule has 234 valence electrons. The van der Waals surface area contributed by atoms with Crippen molar-refractivity contribution in [3.63, 3.8) is 0 Å². The first kappa shape index (κ1) is 36.5. The minimum absolute atomic E-state index is 0.00970. The Kier molecular flexibility index (Phi) is 16.3. The van der Waals surface area contributed by atoms with Crippen molar-refractivity contribution in [1.29, 1.82) is 0 Å². The summed E-state index contributed by atoms with van der Waals surface area (Å²) in [6, 6.07) is 5.00. The Morgan fingerprint density at radius 1 is 1.02 bits per heavy atom. The number of hydrogen-bond donors (Lipinski definition) is 2. The predicted molar refractivity (Wildman–Crippen MR) is 164 cm³/mol. The van der Waals surface area contributed by atoms with E-state index in [2.05, 4.69) is 23.5 Å². The molecule has 0 fully saturated rings. The fraction of sp³-hybridized carbons (Fsp3) is 0.636. The van der Waals surface area contributed by atoms with Gasteiger partial charge in [0.05, 0.1) is 13.0 Å². The summed E-state index contributed by atoms with van der Waals surface area (Å²) < 4.78 is 10.4. The normalized spacial score (nSPS) is 12.5. The first-order valence-electron chi connectivity index (χ1n) is 15.1. The van der Waals surface area contributed by atoms with Crippen molar-refractivity contribution < 1.29 is 28.7 Å². The minimum Gasteiger partial charge on any atom is -0.466 e. The van der Waals surface area contributed by atoms with Gasteiger partial charge in [0.25, 0.3) is 0 Å². The van der Waals surface area contributed by atoms with Crippen LogP contribution in [0.25, 0.3) is 0 Å². The zero-order valence-electron chi connectivity index (χ0n) is 26.6. The van der Waals surface area contributed by atoms with Crippen molar-refractivity contribution in [1.82, 2.24) is 15.5 Å². The Morgan fingerprint density at radius 3 is 2.29 bits per heavy atom. The Balaban J connectivity index is 3.53. The van der Waals surface area contributed by atoms with Crippen molar-refractivity contribution >= 4 is 23.9 Å². The van der Waals surface area contributed by atoms with Crippen LogP contribution in [0.4, 0.5) is 4.79 Å². The summed E-state index contributed by atoms with van der Waals surface area (Å²) in [5.41, 5.74) is 0.227. The highest BCUT2D eigenvalue weighted by atomic mass is 16.6. The van der Waals surface area contributed by atoms with E-state index in [1.54, 1.807) is 52.0 Å². The van der Waals surface area contributed by atoms with Crippen LogP contribution in [0, 0.1) is 18.3 Å². The Morgan fingerprint density at radius 2 is 1.69 bits per heavy atom. The molecule has 3 amide bonds. The third-order valence-corrected chi connectivity index (χ3v) is 6.39. The van der Waals surface area contributed by atoms with E-state index in [1.807, 2.05) is 13.8 Å². The number of amides is 3. The van der Waals surface area contributed by atoms with Gasteiger partial charge in [0.1, 0.15) is 17.7 Å². The zero-order chi connectivity index (χ0) is 31.7. The molecule has 0 aliphatic carbocycles. The average molecular weight is 586 g/mol. The van der Waals surface area contributed by atoms with Crippen LogP contribution in [0.3, 0.4) is 0 Å². The molecule has 9 heteroatoms. The summed E-state index contributed by atoms with van der Waals surface area (Å²) >= 11 is 0. The lowest BCUT2D eigenvalue weighted by Gasteiger charge is -2.35. The molecule has 1 aromatic carbocycles. The smallest absolute Gasteiger partial charge is 0.408 e. The van der Waals surface area contributed by atoms with E-state index in [0.29, 0.717) is 24.0 Å². The van der Waals surface area contributed by atoms with E-state index in [0.717, 1.165) is 25.7 Å². The van der Waals surface area contributed by atoms with Gasteiger partial charge in [-0.3, -0.25) is 14.4 Å². The molecule has 0 aliphatic rings. The van der Waals surface area contributed by atoms with Gasteiger partial charge >= 0.3 is 12.1 Å². The standard InChI is InChI=1S/C33H51N3O6/c1-9-12-13-14-17-22-36(31(39)27(23-24(4)5)35-32(40)42-33(6,7)8)29(26-19-16-15-18-25(26)10-2)30(38)34-21-20-28(37)41-11-3/h2,15-16,18-19,24,27,29H,9,11-14,17,20-23H2,1,3-8H3,(H,34,38)(H,35,40). The number of nitrogens with one attached hydrogen (secondary N) is 2. The largest absolute Gasteiger partial charge is 0.466 e. The van der Waals surface area contributed by atoms with Gasteiger partial charge in [0.15, 0.2) is 0 Å². The van der Waals surface area contributed by atoms with E-state index in [9.17, 15) is 19.2 Å². The second-order valence-corrected chi connectivity index (χ2v) is 11.8. The lowest BCUT2D eigenvalue weighted by molar-refractivity contribution is -0.144. The van der Waals surface area contributed by atoms with E-state index in [1.165, 1.54) is 4.90 Å². The van der Waals surface area contributed by atoms with Crippen LogP contribution in [0.2, 0.25) is 0 Å². The number of ether oxygens (including phenoxy) is 2. The molecule has 0 heterocycles. The Labute approximate surface area is 252 Å². The van der Waals surface area contributed by atoms with Gasteiger partial charge in [-0.25, -0.2) is 4.79 Å². The highest BCUT2D eigenvalue weighted by Gasteiger charge is 2.37. The van der Waals surface area contributed by atoms with Gasteiger partial charge < -0.3 is 25.0 Å². The number of carbonyl (C=O) groups is 4. The van der Waals surface area contributed by atoms with Crippen molar-refractivity contribution in [2.24, 2.45) is 5.92 Å². The van der Waals surface area contributed by atoms with E-state index in [4.69, 9.17) is 15.9 Å². The Hall–Kier alpha value is -3.54. The Bertz CT molecular complexity index is 1060. The number of esters is 1. The topological polar surface area (TPSA) is 114 Å². The minimum atomic E-state index is -1.08. The summed E-state index contributed by atoms with van der Waals surface area (Å²) in [6.45, 7) is 13.6. The third-order valence-electron chi connectivity index (χ3n) is 6.39. The van der Waals surface area contributed by atoms with Gasteiger partial charge in [-0.05, 0) is 58.1 Å². The molecule has 0 bridgehead atoms. The summed E-state index contributed by atoms with van der Waals surface area (Å²) in [6.07, 6.45) is 10.1. The molecule has 2 atom stereocenters. The molecular formula is C33H51N3O6. The van der Waals surface area contributed by atoms with Gasteiger partial charge in [-0.2, -0.15) is 0 Å². The van der Waals surface area contributed by atoms with E-state index >= 15 is 0 Å². The average Bonchev–Trinajstić information content (AvgIpc) is 2.90. The molecule has 2 N–H and O–H groups in total. The van der Waals surface area contributed by atoms with Crippen molar-refractivity contribution in [2.75, 3.05) is 19.7 Å². The van der Waals surface area contributed by atoms with Gasteiger partial charge in [0, 0.05) is 18.7 Å². The van der Waals surface area contributed by atoms with Crippen LogP contribution in [-0.2, 0) is 23.9 Å². The molecule has 0 spiro atoms. The second kappa shape index (κ2) is 18.8. The molecule has 0 aromatic heterocycles. The number of nitrogens with zero attached hydrogens (tertiary/aromatic N) is 1. The molecule has 9 nitrogen and oxygen atoms in total. The summed E-state index contributed by atoms with van der Waals surface area (Å²) in [5, 5.41) is 5.56. The van der Waals surface area contributed by atoms with Crippen molar-refractivity contribution in [3.05, 3.63) is 35.4 Å². The highest BCUT2D eigenvalue weighted by molar-refractivity contribution is 5.92. The van der Waals surface area contributed by atoms with Crippen LogP contribution in [0.15, 0.2) is 24.3 Å². The van der Waals surface area contributed by atoms with Crippen molar-refractivity contribution in [3.8, 4) is 12.3 Å². The first-order chi connectivity index (χ1) is 19.8. The molecule has 1 rings (SSSR count). The van der Waals surface area contributed by atoms with Crippen LogP contribution >= 0.6 is 0 Å². The SMILES string of the molecule is C#Cc1ccccc1C(C(=O)NCCC(=O)OCC)N(CCCCCCC)C(=O)C(CC(C)C)NC(=O)OC(C)(C)C. The monoisotopic (exact) mass is 585 g/mol. The van der Waals surface area contributed by atoms with Gasteiger partial charge in [-0.15, -0.1) is 6.42 Å². The molecule has 0 saturated carbocycles. The van der Waals surface area contributed by atoms with E-state index < -0.39 is 41.6 Å². The molecule has 0 radical (unpaired) electrons. The number of terminal acetylenes is 1. The molecule has 0 saturated heterocycles. The van der Waals surface area contributed by atoms with E-state index in [-0.39, 0.29) is 32.0 Å². The zero-order valence-corrected chi connectivity index (χ0v) is 26.6. The number of unbranched alkanes of at least 4 members (excludes halogenated alkanes) is 4. The second-order valence-electron chi connectivity index (χ2n) is 11.8.